The number of carbonyl (C=O) groups is 4. The molecule has 0 aromatic heterocycles. The summed E-state index contributed by atoms with van der Waals surface area (Å²) in [6, 6.07) is 13.9. The van der Waals surface area contributed by atoms with Crippen molar-refractivity contribution >= 4 is 23.7 Å². The van der Waals surface area contributed by atoms with Gasteiger partial charge in [0.1, 0.15) is 12.1 Å². The van der Waals surface area contributed by atoms with Gasteiger partial charge in [0.05, 0.1) is 6.04 Å². The van der Waals surface area contributed by atoms with Crippen molar-refractivity contribution in [2.75, 3.05) is 0 Å². The van der Waals surface area contributed by atoms with Gasteiger partial charge in [-0.3, -0.25) is 14.4 Å². The molecule has 4 atom stereocenters. The van der Waals surface area contributed by atoms with Crippen molar-refractivity contribution in [1.82, 2.24) is 15.5 Å². The summed E-state index contributed by atoms with van der Waals surface area (Å²) in [5.74, 6) is -2.36. The molecule has 9 nitrogen and oxygen atoms in total. The molecule has 4 unspecified atom stereocenters. The van der Waals surface area contributed by atoms with Gasteiger partial charge >= 0.3 is 5.97 Å². The average molecular weight is 578 g/mol. The Morgan fingerprint density at radius 3 is 2.24 bits per heavy atom. The maximum absolute atomic E-state index is 13.9. The van der Waals surface area contributed by atoms with E-state index in [1.54, 1.807) is 17.0 Å². The molecule has 42 heavy (non-hydrogen) atoms. The molecule has 1 heterocycles. The first-order valence-electron chi connectivity index (χ1n) is 15.1. The highest BCUT2D eigenvalue weighted by atomic mass is 16.4. The van der Waals surface area contributed by atoms with E-state index in [0.717, 1.165) is 43.2 Å². The van der Waals surface area contributed by atoms with Gasteiger partial charge in [0.15, 0.2) is 6.10 Å². The summed E-state index contributed by atoms with van der Waals surface area (Å²) in [6.45, 7) is 4.15. The van der Waals surface area contributed by atoms with Crippen LogP contribution in [0.2, 0.25) is 0 Å². The van der Waals surface area contributed by atoms with Gasteiger partial charge in [-0.25, -0.2) is 4.79 Å². The van der Waals surface area contributed by atoms with E-state index in [1.165, 1.54) is 0 Å². The third-order valence-electron chi connectivity index (χ3n) is 8.41. The molecule has 4 N–H and O–H groups in total. The van der Waals surface area contributed by atoms with Crippen LogP contribution in [0.25, 0.3) is 0 Å². The van der Waals surface area contributed by atoms with E-state index < -0.39 is 42.0 Å². The summed E-state index contributed by atoms with van der Waals surface area (Å²) >= 11 is 0. The standard InChI is InChI=1S/C33H43N3O6/c1-21(2)17-27(30(38)34-26(29(37)33(41)42)18-22-11-5-3-6-12-22)35-31(39)28(19-23-13-7-4-8-14-23)36-20-24-15-9-10-16-25(24)32(36)40/h4,7-10,13-16,21-22,26-29,37H,3,5-6,11-12,17-20H2,1-2H3,(H,34,38)(H,35,39)(H,41,42). The third kappa shape index (κ3) is 7.97. The number of amides is 3. The second-order valence-electron chi connectivity index (χ2n) is 12.1. The number of benzene rings is 2. The van der Waals surface area contributed by atoms with E-state index in [4.69, 9.17) is 0 Å². The lowest BCUT2D eigenvalue weighted by atomic mass is 9.83. The maximum Gasteiger partial charge on any atom is 0.334 e. The van der Waals surface area contributed by atoms with Crippen molar-refractivity contribution < 1.29 is 29.4 Å². The molecule has 1 aliphatic carbocycles. The van der Waals surface area contributed by atoms with Crippen LogP contribution in [0.4, 0.5) is 0 Å². The van der Waals surface area contributed by atoms with Crippen molar-refractivity contribution in [3.63, 3.8) is 0 Å². The Morgan fingerprint density at radius 1 is 0.929 bits per heavy atom. The first-order chi connectivity index (χ1) is 20.1. The van der Waals surface area contributed by atoms with Crippen molar-refractivity contribution in [1.29, 1.82) is 0 Å². The zero-order valence-electron chi connectivity index (χ0n) is 24.5. The Labute approximate surface area is 247 Å². The Balaban J connectivity index is 1.54. The molecule has 1 saturated carbocycles. The van der Waals surface area contributed by atoms with Crippen LogP contribution in [0.1, 0.15) is 80.3 Å². The lowest BCUT2D eigenvalue weighted by Gasteiger charge is -2.32. The molecule has 1 fully saturated rings. The molecule has 0 bridgehead atoms. The second-order valence-corrected chi connectivity index (χ2v) is 12.1. The Hall–Kier alpha value is -3.72. The van der Waals surface area contributed by atoms with Crippen LogP contribution < -0.4 is 10.6 Å². The molecule has 0 radical (unpaired) electrons. The van der Waals surface area contributed by atoms with Crippen LogP contribution in [-0.2, 0) is 27.3 Å². The number of carbonyl (C=O) groups excluding carboxylic acids is 3. The summed E-state index contributed by atoms with van der Waals surface area (Å²) in [4.78, 5) is 54.2. The summed E-state index contributed by atoms with van der Waals surface area (Å²) in [5, 5.41) is 25.7. The van der Waals surface area contributed by atoms with Gasteiger partial charge in [0.25, 0.3) is 5.91 Å². The molecule has 0 saturated heterocycles. The molecule has 0 spiro atoms. The van der Waals surface area contributed by atoms with Gasteiger partial charge in [-0.2, -0.15) is 0 Å². The van der Waals surface area contributed by atoms with Crippen LogP contribution in [0.3, 0.4) is 0 Å². The number of nitrogens with one attached hydrogen (secondary N) is 2. The van der Waals surface area contributed by atoms with Crippen LogP contribution in [-0.4, -0.2) is 63.0 Å². The zero-order chi connectivity index (χ0) is 30.2. The zero-order valence-corrected chi connectivity index (χ0v) is 24.5. The fraction of sp³-hybridized carbons (Fsp3) is 0.515. The SMILES string of the molecule is CC(C)CC(NC(=O)C(Cc1ccccc1)N1Cc2ccccc2C1=O)C(=O)NC(CC1CCCCC1)C(O)C(=O)O. The van der Waals surface area contributed by atoms with Gasteiger partial charge in [-0.15, -0.1) is 0 Å². The molecular weight excluding hydrogens is 534 g/mol. The first-order valence-corrected chi connectivity index (χ1v) is 15.1. The fourth-order valence-corrected chi connectivity index (χ4v) is 6.19. The van der Waals surface area contributed by atoms with Gasteiger partial charge in [0.2, 0.25) is 11.8 Å². The molecule has 1 aliphatic heterocycles. The Kier molecular flexibility index (Phi) is 10.7. The van der Waals surface area contributed by atoms with Crippen molar-refractivity contribution in [3.8, 4) is 0 Å². The molecular formula is C33H43N3O6. The smallest absolute Gasteiger partial charge is 0.334 e. The lowest BCUT2D eigenvalue weighted by molar-refractivity contribution is -0.149. The number of rotatable bonds is 13. The van der Waals surface area contributed by atoms with Gasteiger partial charge < -0.3 is 25.7 Å². The molecule has 2 aliphatic rings. The van der Waals surface area contributed by atoms with Gasteiger partial charge in [-0.05, 0) is 41.9 Å². The van der Waals surface area contributed by atoms with E-state index in [-0.39, 0.29) is 30.7 Å². The minimum Gasteiger partial charge on any atom is -0.479 e. The fourth-order valence-electron chi connectivity index (χ4n) is 6.19. The minimum atomic E-state index is -1.75. The van der Waals surface area contributed by atoms with Crippen LogP contribution in [0.5, 0.6) is 0 Å². The van der Waals surface area contributed by atoms with E-state index >= 15 is 0 Å². The van der Waals surface area contributed by atoms with Crippen molar-refractivity contribution in [2.24, 2.45) is 11.8 Å². The molecule has 9 heteroatoms. The molecule has 3 amide bonds. The molecule has 2 aromatic carbocycles. The number of aliphatic carboxylic acids is 1. The predicted octanol–water partition coefficient (Wildman–Crippen LogP) is 3.69. The number of carboxylic acid groups (broad SMARTS) is 1. The summed E-state index contributed by atoms with van der Waals surface area (Å²) in [7, 11) is 0. The first kappa shape index (κ1) is 31.2. The summed E-state index contributed by atoms with van der Waals surface area (Å²) in [5.41, 5.74) is 2.29. The van der Waals surface area contributed by atoms with Crippen LogP contribution in [0, 0.1) is 11.8 Å². The van der Waals surface area contributed by atoms with Crippen LogP contribution in [0.15, 0.2) is 54.6 Å². The lowest BCUT2D eigenvalue weighted by Crippen LogP contribution is -2.57. The van der Waals surface area contributed by atoms with Gasteiger partial charge in [-0.1, -0.05) is 94.5 Å². The summed E-state index contributed by atoms with van der Waals surface area (Å²) < 4.78 is 0. The van der Waals surface area contributed by atoms with Crippen molar-refractivity contribution in [2.45, 2.75) is 96.0 Å². The number of nitrogens with zero attached hydrogens (tertiary/aromatic N) is 1. The Morgan fingerprint density at radius 2 is 1.60 bits per heavy atom. The quantitative estimate of drug-likeness (QED) is 0.287. The van der Waals surface area contributed by atoms with Gasteiger partial charge in [0, 0.05) is 18.5 Å². The van der Waals surface area contributed by atoms with Crippen molar-refractivity contribution in [3.05, 3.63) is 71.3 Å². The largest absolute Gasteiger partial charge is 0.479 e. The highest BCUT2D eigenvalue weighted by Crippen LogP contribution is 2.29. The Bertz CT molecular complexity index is 1240. The average Bonchev–Trinajstić information content (AvgIpc) is 3.31. The number of hydrogen-bond acceptors (Lipinski definition) is 5. The van der Waals surface area contributed by atoms with E-state index in [9.17, 15) is 29.4 Å². The number of aliphatic hydroxyl groups excluding tert-OH is 1. The number of hydrogen-bond donors (Lipinski definition) is 4. The third-order valence-corrected chi connectivity index (χ3v) is 8.41. The van der Waals surface area contributed by atoms with E-state index in [1.807, 2.05) is 56.3 Å². The molecule has 4 rings (SSSR count). The van der Waals surface area contributed by atoms with E-state index in [0.29, 0.717) is 18.4 Å². The highest BCUT2D eigenvalue weighted by Gasteiger charge is 2.38. The number of fused-ring (bicyclic) bond motifs is 1. The number of carboxylic acids is 1. The monoisotopic (exact) mass is 577 g/mol. The number of aliphatic hydroxyl groups is 1. The highest BCUT2D eigenvalue weighted by molar-refractivity contribution is 6.01. The topological polar surface area (TPSA) is 136 Å². The maximum atomic E-state index is 13.9. The van der Waals surface area contributed by atoms with E-state index in [2.05, 4.69) is 10.6 Å². The normalized spacial score (nSPS) is 18.2. The predicted molar refractivity (Wildman–Crippen MR) is 158 cm³/mol. The molecule has 2 aromatic rings. The minimum absolute atomic E-state index is 0.0347. The second kappa shape index (κ2) is 14.4. The molecule has 226 valence electrons. The van der Waals surface area contributed by atoms with Crippen LogP contribution >= 0.6 is 0 Å². The summed E-state index contributed by atoms with van der Waals surface area (Å²) in [6.07, 6.45) is 4.26.